The number of carboxylic acid groups (broad SMARTS) is 1. The number of thiocarbonyl (C=S) groups is 1. The van der Waals surface area contributed by atoms with Crippen LogP contribution in [0.2, 0.25) is 0 Å². The number of fused-ring (bicyclic) bond motifs is 1. The number of hydrogen-bond acceptors (Lipinski definition) is 12. The number of rotatable bonds is 34. The van der Waals surface area contributed by atoms with Crippen molar-refractivity contribution in [2.45, 2.75) is 121 Å². The molecule has 24 heteroatoms. The number of nitrogens with two attached hydrogens (primary N) is 1. The molecular weight excluding hydrogens is 1030 g/mol. The van der Waals surface area contributed by atoms with E-state index in [9.17, 15) is 53.4 Å². The molecule has 416 valence electrons. The zero-order valence-electron chi connectivity index (χ0n) is 43.0. The number of aromatic nitrogens is 1. The maximum Gasteiger partial charge on any atom is 0.305 e. The lowest BCUT2D eigenvalue weighted by Gasteiger charge is -2.26. The summed E-state index contributed by atoms with van der Waals surface area (Å²) in [6.07, 6.45) is 6.47. The smallest absolute Gasteiger partial charge is 0.305 e. The Kier molecular flexibility index (Phi) is 26.8. The number of phenolic OH excluding ortho intramolecular Hbond substituents is 1. The van der Waals surface area contributed by atoms with Crippen molar-refractivity contribution in [1.82, 2.24) is 42.2 Å². The molecule has 4 atom stereocenters. The second kappa shape index (κ2) is 33.3. The Morgan fingerprint density at radius 3 is 1.97 bits per heavy atom. The Hall–Kier alpha value is -7.73. The minimum Gasteiger partial charge on any atom is -0.506 e. The predicted octanol–water partition coefficient (Wildman–Crippen LogP) is 2.96. The van der Waals surface area contributed by atoms with Gasteiger partial charge in [-0.2, -0.15) is 12.6 Å². The van der Waals surface area contributed by atoms with Gasteiger partial charge in [-0.1, -0.05) is 81.1 Å². The molecule has 1 heterocycles. The highest BCUT2D eigenvalue weighted by Gasteiger charge is 2.32. The third kappa shape index (κ3) is 23.0. The minimum absolute atomic E-state index is 0.0241. The molecule has 1 aromatic heterocycles. The van der Waals surface area contributed by atoms with E-state index in [0.29, 0.717) is 74.4 Å². The van der Waals surface area contributed by atoms with Crippen LogP contribution < -0.4 is 53.6 Å². The summed E-state index contributed by atoms with van der Waals surface area (Å²) in [6.45, 7) is 2.55. The van der Waals surface area contributed by atoms with Crippen LogP contribution in [0.1, 0.15) is 95.1 Å². The molecule has 14 N–H and O–H groups in total. The summed E-state index contributed by atoms with van der Waals surface area (Å²) < 4.78 is 0. The van der Waals surface area contributed by atoms with Crippen LogP contribution in [0.4, 0.5) is 11.4 Å². The van der Waals surface area contributed by atoms with Gasteiger partial charge in [0.05, 0.1) is 24.4 Å². The summed E-state index contributed by atoms with van der Waals surface area (Å²) in [6, 6.07) is 15.5. The highest BCUT2D eigenvalue weighted by Crippen LogP contribution is 2.27. The number of benzene rings is 3. The number of thiol groups is 1. The van der Waals surface area contributed by atoms with Gasteiger partial charge in [-0.3, -0.25) is 43.2 Å². The van der Waals surface area contributed by atoms with Crippen LogP contribution in [0.5, 0.6) is 5.75 Å². The van der Waals surface area contributed by atoms with Crippen LogP contribution in [0.3, 0.4) is 0 Å². The molecule has 0 radical (unpaired) electrons. The molecule has 77 heavy (non-hydrogen) atoms. The largest absolute Gasteiger partial charge is 0.506 e. The van der Waals surface area contributed by atoms with E-state index in [1.54, 1.807) is 42.6 Å². The molecular formula is C53H71N11O11S2. The number of hydrogen-bond donors (Lipinski definition) is 14. The minimum atomic E-state index is -1.63. The number of anilines is 2. The predicted molar refractivity (Wildman–Crippen MR) is 299 cm³/mol. The summed E-state index contributed by atoms with van der Waals surface area (Å²) in [5.41, 5.74) is 8.47. The van der Waals surface area contributed by atoms with Crippen LogP contribution in [0.25, 0.3) is 10.9 Å². The number of aliphatic carboxylic acids is 1. The molecule has 0 saturated carbocycles. The fraction of sp³-hybridized carbons (Fsp3) is 0.434. The molecule has 4 aromatic rings. The van der Waals surface area contributed by atoms with Crippen molar-refractivity contribution in [3.63, 3.8) is 0 Å². The Balaban J connectivity index is 1.22. The van der Waals surface area contributed by atoms with Gasteiger partial charge in [0.25, 0.3) is 0 Å². The number of aromatic hydroxyl groups is 1. The maximum absolute atomic E-state index is 14.2. The molecule has 0 aliphatic carbocycles. The molecule has 0 saturated heterocycles. The van der Waals surface area contributed by atoms with Gasteiger partial charge in [0.15, 0.2) is 5.11 Å². The normalized spacial score (nSPS) is 12.4. The Labute approximate surface area is 457 Å². The van der Waals surface area contributed by atoms with E-state index in [4.69, 9.17) is 18.0 Å². The average molecular weight is 1100 g/mol. The van der Waals surface area contributed by atoms with Crippen molar-refractivity contribution in [3.05, 3.63) is 90.1 Å². The number of para-hydroxylation sites is 1. The van der Waals surface area contributed by atoms with E-state index in [0.717, 1.165) is 29.3 Å². The molecule has 3 aromatic carbocycles. The van der Waals surface area contributed by atoms with Crippen LogP contribution in [0.15, 0.2) is 79.0 Å². The summed E-state index contributed by atoms with van der Waals surface area (Å²) >= 11 is 9.21. The summed E-state index contributed by atoms with van der Waals surface area (Å²) in [5.74, 6) is -6.39. The van der Waals surface area contributed by atoms with Crippen molar-refractivity contribution in [2.24, 2.45) is 5.73 Å². The number of nitrogens with one attached hydrogen (secondary N) is 10. The fourth-order valence-electron chi connectivity index (χ4n) is 7.96. The van der Waals surface area contributed by atoms with Gasteiger partial charge in [-0.15, -0.1) is 0 Å². The number of H-pyrrole nitrogens is 1. The lowest BCUT2D eigenvalue weighted by atomic mass is 10.0. The average Bonchev–Trinajstić information content (AvgIpc) is 3.81. The van der Waals surface area contributed by atoms with Crippen LogP contribution >= 0.6 is 24.8 Å². The molecule has 0 aliphatic rings. The Morgan fingerprint density at radius 2 is 1.29 bits per heavy atom. The lowest BCUT2D eigenvalue weighted by Crippen LogP contribution is -2.58. The first-order chi connectivity index (χ1) is 37.0. The van der Waals surface area contributed by atoms with Gasteiger partial charge >= 0.3 is 5.97 Å². The van der Waals surface area contributed by atoms with Crippen LogP contribution in [-0.4, -0.2) is 123 Å². The molecule has 0 bridgehead atoms. The van der Waals surface area contributed by atoms with E-state index >= 15 is 0 Å². The Morgan fingerprint density at radius 1 is 0.649 bits per heavy atom. The van der Waals surface area contributed by atoms with Crippen LogP contribution in [0, 0.1) is 0 Å². The van der Waals surface area contributed by atoms with Crippen molar-refractivity contribution < 1.29 is 53.4 Å². The first-order valence-electron chi connectivity index (χ1n) is 25.6. The van der Waals surface area contributed by atoms with Gasteiger partial charge in [0.2, 0.25) is 47.3 Å². The molecule has 0 aliphatic heterocycles. The number of aromatic amines is 1. The first kappa shape index (κ1) is 61.8. The molecule has 0 unspecified atom stereocenters. The highest BCUT2D eigenvalue weighted by atomic mass is 32.1. The van der Waals surface area contributed by atoms with Crippen LogP contribution in [-0.2, 0) is 56.0 Å². The third-order valence-electron chi connectivity index (χ3n) is 12.1. The second-order valence-electron chi connectivity index (χ2n) is 18.3. The molecule has 0 fully saturated rings. The number of unbranched alkanes of at least 4 members (excludes halogenated alkanes) is 5. The zero-order chi connectivity index (χ0) is 56.1. The van der Waals surface area contributed by atoms with E-state index < -0.39 is 77.9 Å². The molecule has 22 nitrogen and oxygen atoms in total. The Bertz CT molecular complexity index is 2650. The van der Waals surface area contributed by atoms with E-state index in [1.165, 1.54) is 12.1 Å². The summed E-state index contributed by atoms with van der Waals surface area (Å²) in [5, 5.41) is 45.4. The number of primary amides is 1. The monoisotopic (exact) mass is 1100 g/mol. The van der Waals surface area contributed by atoms with E-state index in [1.807, 2.05) is 31.2 Å². The summed E-state index contributed by atoms with van der Waals surface area (Å²) in [7, 11) is 0. The van der Waals surface area contributed by atoms with Gasteiger partial charge in [-0.05, 0) is 79.7 Å². The number of carbonyl (C=O) groups is 9. The van der Waals surface area contributed by atoms with Crippen molar-refractivity contribution in [2.75, 3.05) is 36.0 Å². The number of carboxylic acids is 1. The van der Waals surface area contributed by atoms with E-state index in [2.05, 4.69) is 65.5 Å². The lowest BCUT2D eigenvalue weighted by molar-refractivity contribution is -0.141. The van der Waals surface area contributed by atoms with Gasteiger partial charge < -0.3 is 68.8 Å². The maximum atomic E-state index is 14.2. The standard InChI is InChI=1S/C53H71N11O11S2/c1-2-3-18-38(50(73)64-42(29-48(70)71)52(75)63-40(49(54)72)26-33-15-7-4-8-16-33)62-51(74)41(27-34-30-57-37-19-12-11-17-36(34)37)61-45(67)21-10-6-13-24-55-44(66)20-9-5-14-25-56-53(77)59-35-22-23-43(65)39(28-35)60-46(68)31-58-47(69)32-76/h4,7-8,11-12,15-17,19,22-23,28,30,38,40-42,57,65,76H,2-3,5-6,9-10,13-14,18,20-21,24-27,29,31-32H2,1H3,(H2,54,72)(H,55,66)(H,58,69)(H,60,68)(H,61,67)(H,62,74)(H,63,75)(H,64,73)(H,70,71)(H2,56,59,77)/t38-,40-,41-,42-/m0/s1. The van der Waals surface area contributed by atoms with Gasteiger partial charge in [0, 0.05) is 61.6 Å². The van der Waals surface area contributed by atoms with E-state index in [-0.39, 0.29) is 55.3 Å². The third-order valence-corrected chi connectivity index (χ3v) is 12.6. The molecule has 0 spiro atoms. The van der Waals surface area contributed by atoms with Crippen molar-refractivity contribution >= 4 is 105 Å². The quantitative estimate of drug-likeness (QED) is 0.0105. The zero-order valence-corrected chi connectivity index (χ0v) is 44.8. The number of carbonyl (C=O) groups excluding carboxylic acids is 8. The number of amides is 8. The topological polar surface area (TPSA) is 344 Å². The fourth-order valence-corrected chi connectivity index (χ4v) is 8.29. The highest BCUT2D eigenvalue weighted by molar-refractivity contribution is 7.81. The molecule has 4 rings (SSSR count). The second-order valence-corrected chi connectivity index (χ2v) is 19.0. The molecule has 8 amide bonds. The first-order valence-corrected chi connectivity index (χ1v) is 26.6. The number of phenols is 1. The van der Waals surface area contributed by atoms with Gasteiger partial charge in [0.1, 0.15) is 29.9 Å². The van der Waals surface area contributed by atoms with Gasteiger partial charge in [-0.25, -0.2) is 0 Å². The van der Waals surface area contributed by atoms with Crippen molar-refractivity contribution in [1.29, 1.82) is 0 Å². The summed E-state index contributed by atoms with van der Waals surface area (Å²) in [4.78, 5) is 118. The SMILES string of the molecule is CCCC[C@H](NC(=O)[C@H](Cc1c[nH]c2ccccc12)NC(=O)CCCCCNC(=O)CCCCCNC(=S)Nc1ccc(O)c(NC(=O)CNC(=O)CS)c1)C(=O)N[C@@H](CC(=O)O)C(=O)N[C@@H](Cc1ccccc1)C(N)=O. The van der Waals surface area contributed by atoms with Crippen molar-refractivity contribution in [3.8, 4) is 5.75 Å².